The molecule has 0 atom stereocenters. The summed E-state index contributed by atoms with van der Waals surface area (Å²) in [6, 6.07) is 5.63. The van der Waals surface area contributed by atoms with Crippen LogP contribution >= 0.6 is 11.6 Å². The van der Waals surface area contributed by atoms with Gasteiger partial charge in [-0.3, -0.25) is 0 Å². The molecule has 0 saturated heterocycles. The lowest BCUT2D eigenvalue weighted by molar-refractivity contribution is 0.711. The van der Waals surface area contributed by atoms with E-state index in [-0.39, 0.29) is 0 Å². The minimum absolute atomic E-state index is 0.748. The number of halogens is 1. The van der Waals surface area contributed by atoms with E-state index >= 15 is 0 Å². The molecule has 0 amide bonds. The van der Waals surface area contributed by atoms with Gasteiger partial charge in [-0.25, -0.2) is 0 Å². The summed E-state index contributed by atoms with van der Waals surface area (Å²) in [4.78, 5) is 2.19. The van der Waals surface area contributed by atoms with E-state index in [1.165, 1.54) is 19.3 Å². The van der Waals surface area contributed by atoms with Crippen LogP contribution in [0, 0.1) is 5.92 Å². The summed E-state index contributed by atoms with van der Waals surface area (Å²) in [5.41, 5.74) is 7.76. The number of nitrogens with zero attached hydrogens (tertiary/aromatic N) is 1. The summed E-state index contributed by atoms with van der Waals surface area (Å²) in [6.45, 7) is 1.06. The molecule has 1 aliphatic rings. The van der Waals surface area contributed by atoms with Crippen LogP contribution in [0.25, 0.3) is 0 Å². The third-order valence-corrected chi connectivity index (χ3v) is 3.21. The van der Waals surface area contributed by atoms with E-state index in [9.17, 15) is 0 Å². The summed E-state index contributed by atoms with van der Waals surface area (Å²) < 4.78 is 0. The lowest BCUT2D eigenvalue weighted by Gasteiger charge is -2.21. The van der Waals surface area contributed by atoms with E-state index in [0.29, 0.717) is 0 Å². The minimum Gasteiger partial charge on any atom is -0.397 e. The van der Waals surface area contributed by atoms with E-state index in [4.69, 9.17) is 17.3 Å². The van der Waals surface area contributed by atoms with Crippen LogP contribution in [0.2, 0.25) is 5.02 Å². The zero-order valence-corrected chi connectivity index (χ0v) is 9.80. The molecule has 1 aromatic rings. The van der Waals surface area contributed by atoms with E-state index in [1.54, 1.807) is 0 Å². The van der Waals surface area contributed by atoms with E-state index < -0.39 is 0 Å². The van der Waals surface area contributed by atoms with Gasteiger partial charge in [0.2, 0.25) is 0 Å². The first-order valence-corrected chi connectivity index (χ1v) is 5.81. The van der Waals surface area contributed by atoms with Crippen molar-refractivity contribution in [1.29, 1.82) is 0 Å². The van der Waals surface area contributed by atoms with Crippen molar-refractivity contribution in [3.63, 3.8) is 0 Å². The smallest absolute Gasteiger partial charge is 0.0612 e. The molecular formula is C12H17ClN2. The molecule has 0 unspecified atom stereocenters. The van der Waals surface area contributed by atoms with Gasteiger partial charge in [-0.05, 0) is 30.5 Å². The quantitative estimate of drug-likeness (QED) is 0.797. The molecule has 1 fully saturated rings. The summed E-state index contributed by atoms with van der Waals surface area (Å²) in [7, 11) is 2.07. The highest BCUT2D eigenvalue weighted by Gasteiger charge is 2.21. The van der Waals surface area contributed by atoms with Crippen molar-refractivity contribution >= 4 is 23.0 Å². The zero-order chi connectivity index (χ0) is 10.8. The van der Waals surface area contributed by atoms with E-state index in [2.05, 4.69) is 11.9 Å². The molecule has 0 radical (unpaired) electrons. The molecule has 0 bridgehead atoms. The largest absolute Gasteiger partial charge is 0.397 e. The molecule has 2 nitrogen and oxygen atoms in total. The van der Waals surface area contributed by atoms with Gasteiger partial charge in [0, 0.05) is 18.6 Å². The van der Waals surface area contributed by atoms with Crippen LogP contribution in [0.1, 0.15) is 19.3 Å². The second-order valence-electron chi connectivity index (χ2n) is 4.36. The fraction of sp³-hybridized carbons (Fsp3) is 0.500. The Bertz CT molecular complexity index is 347. The first-order valence-electron chi connectivity index (χ1n) is 5.43. The minimum atomic E-state index is 0.748. The van der Waals surface area contributed by atoms with Gasteiger partial charge < -0.3 is 10.6 Å². The molecule has 0 spiro atoms. The van der Waals surface area contributed by atoms with Crippen LogP contribution in [0.3, 0.4) is 0 Å². The first-order chi connectivity index (χ1) is 7.16. The van der Waals surface area contributed by atoms with Crippen molar-refractivity contribution in [2.24, 2.45) is 5.92 Å². The fourth-order valence-electron chi connectivity index (χ4n) is 1.75. The van der Waals surface area contributed by atoms with Gasteiger partial charge in [0.1, 0.15) is 0 Å². The Kier molecular flexibility index (Phi) is 3.06. The van der Waals surface area contributed by atoms with Gasteiger partial charge in [0.05, 0.1) is 11.4 Å². The maximum atomic E-state index is 5.95. The monoisotopic (exact) mass is 224 g/mol. The maximum absolute atomic E-state index is 5.95. The first kappa shape index (κ1) is 10.6. The van der Waals surface area contributed by atoms with Gasteiger partial charge in [-0.2, -0.15) is 0 Å². The van der Waals surface area contributed by atoms with E-state index in [1.807, 2.05) is 18.2 Å². The van der Waals surface area contributed by atoms with Crippen LogP contribution in [0.5, 0.6) is 0 Å². The number of anilines is 2. The highest BCUT2D eigenvalue weighted by molar-refractivity contribution is 6.31. The van der Waals surface area contributed by atoms with Crippen LogP contribution in [0.15, 0.2) is 18.2 Å². The van der Waals surface area contributed by atoms with Crippen molar-refractivity contribution in [2.45, 2.75) is 19.3 Å². The normalized spacial score (nSPS) is 15.3. The third kappa shape index (κ3) is 2.78. The predicted octanol–water partition coefficient (Wildman–Crippen LogP) is 3.16. The molecule has 2 rings (SSSR count). The fourth-order valence-corrected chi connectivity index (χ4v) is 1.92. The molecule has 3 heteroatoms. The van der Waals surface area contributed by atoms with E-state index in [0.717, 1.165) is 28.9 Å². The SMILES string of the molecule is CN(CCC1CC1)c1cc(Cl)ccc1N. The van der Waals surface area contributed by atoms with Gasteiger partial charge >= 0.3 is 0 Å². The van der Waals surface area contributed by atoms with Crippen molar-refractivity contribution in [3.8, 4) is 0 Å². The molecular weight excluding hydrogens is 208 g/mol. The van der Waals surface area contributed by atoms with Gasteiger partial charge in [0.25, 0.3) is 0 Å². The van der Waals surface area contributed by atoms with Gasteiger partial charge in [-0.1, -0.05) is 24.4 Å². The Hall–Kier alpha value is -0.890. The number of benzene rings is 1. The Morgan fingerprint density at radius 3 is 2.87 bits per heavy atom. The average molecular weight is 225 g/mol. The highest BCUT2D eigenvalue weighted by atomic mass is 35.5. The summed E-state index contributed by atoms with van der Waals surface area (Å²) in [6.07, 6.45) is 4.07. The molecule has 1 aliphatic carbocycles. The molecule has 0 aromatic heterocycles. The zero-order valence-electron chi connectivity index (χ0n) is 9.04. The van der Waals surface area contributed by atoms with Crippen molar-refractivity contribution < 1.29 is 0 Å². The van der Waals surface area contributed by atoms with Gasteiger partial charge in [0.15, 0.2) is 0 Å². The molecule has 1 aromatic carbocycles. The molecule has 0 heterocycles. The van der Waals surface area contributed by atoms with Crippen molar-refractivity contribution in [1.82, 2.24) is 0 Å². The van der Waals surface area contributed by atoms with Crippen LogP contribution in [-0.4, -0.2) is 13.6 Å². The highest BCUT2D eigenvalue weighted by Crippen LogP contribution is 2.33. The summed E-state index contributed by atoms with van der Waals surface area (Å²) in [5, 5.41) is 0.748. The van der Waals surface area contributed by atoms with Crippen LogP contribution in [0.4, 0.5) is 11.4 Å². The molecule has 0 aliphatic heterocycles. The summed E-state index contributed by atoms with van der Waals surface area (Å²) in [5.74, 6) is 0.952. The topological polar surface area (TPSA) is 29.3 Å². The number of nitrogen functional groups attached to an aromatic ring is 1. The standard InChI is InChI=1S/C12H17ClN2/c1-15(7-6-9-2-3-9)12-8-10(13)4-5-11(12)14/h4-5,8-9H,2-3,6-7,14H2,1H3. The molecule has 15 heavy (non-hydrogen) atoms. The molecule has 2 N–H and O–H groups in total. The number of nitrogens with two attached hydrogens (primary N) is 1. The Balaban J connectivity index is 2.02. The predicted molar refractivity (Wildman–Crippen MR) is 66.5 cm³/mol. The molecule has 82 valence electrons. The average Bonchev–Trinajstić information content (AvgIpc) is 3.02. The van der Waals surface area contributed by atoms with Crippen molar-refractivity contribution in [3.05, 3.63) is 23.2 Å². The summed E-state index contributed by atoms with van der Waals surface area (Å²) >= 11 is 5.95. The van der Waals surface area contributed by atoms with Crippen LogP contribution < -0.4 is 10.6 Å². The van der Waals surface area contributed by atoms with Gasteiger partial charge in [-0.15, -0.1) is 0 Å². The third-order valence-electron chi connectivity index (χ3n) is 2.97. The molecule has 1 saturated carbocycles. The lowest BCUT2D eigenvalue weighted by atomic mass is 10.2. The second-order valence-corrected chi connectivity index (χ2v) is 4.79. The Labute approximate surface area is 96.0 Å². The van der Waals surface area contributed by atoms with Crippen molar-refractivity contribution in [2.75, 3.05) is 24.2 Å². The lowest BCUT2D eigenvalue weighted by Crippen LogP contribution is -2.20. The van der Waals surface area contributed by atoms with Crippen LogP contribution in [-0.2, 0) is 0 Å². The Morgan fingerprint density at radius 1 is 1.47 bits per heavy atom. The Morgan fingerprint density at radius 2 is 2.20 bits per heavy atom. The number of hydrogen-bond donors (Lipinski definition) is 1. The number of rotatable bonds is 4. The maximum Gasteiger partial charge on any atom is 0.0612 e. The number of hydrogen-bond acceptors (Lipinski definition) is 2. The second kappa shape index (κ2) is 4.31.